The number of rotatable bonds is 4. The summed E-state index contributed by atoms with van der Waals surface area (Å²) in [5, 5.41) is 31.0. The number of halogens is 1. The third kappa shape index (κ3) is 8.64. The Hall–Kier alpha value is -11.3. The maximum absolute atomic E-state index is 9.33. The Morgan fingerprint density at radius 3 is 1.11 bits per heavy atom. The summed E-state index contributed by atoms with van der Waals surface area (Å²) in [4.78, 5) is 0. The molecule has 0 spiro atoms. The molecule has 0 fully saturated rings. The first kappa shape index (κ1) is 39.7. The lowest BCUT2D eigenvalue weighted by Gasteiger charge is -2.17. The first-order valence-corrected chi connectivity index (χ1v) is 30.3. The van der Waals surface area contributed by atoms with Crippen LogP contribution < -0.4 is 5.46 Å². The van der Waals surface area contributed by atoms with Crippen molar-refractivity contribution < 1.29 is 49.6 Å². The molecule has 0 aliphatic rings. The van der Waals surface area contributed by atoms with Crippen LogP contribution in [0.15, 0.2) is 313 Å². The quantitative estimate of drug-likeness (QED) is 0.135. The summed E-state index contributed by atoms with van der Waals surface area (Å²) in [5.74, 6) is 0. The predicted molar refractivity (Wildman–Crippen MR) is 387 cm³/mol. The Balaban J connectivity index is 0.000000126. The predicted octanol–water partition coefficient (Wildman–Crippen LogP) is 23.0. The molecule has 4 aromatic heterocycles. The van der Waals surface area contributed by atoms with E-state index < -0.39 is 55.5 Å². The zero-order chi connectivity index (χ0) is 75.1. The molecule has 92 heavy (non-hydrogen) atoms. The zero-order valence-electron chi connectivity index (χ0n) is 64.0. The lowest BCUT2D eigenvalue weighted by molar-refractivity contribution is 0.425. The Morgan fingerprint density at radius 2 is 0.641 bits per heavy atom. The van der Waals surface area contributed by atoms with E-state index in [1.807, 2.05) is 140 Å². The van der Waals surface area contributed by atoms with Gasteiger partial charge in [0.25, 0.3) is 0 Å². The molecular formula is C84H50BBrO6. The summed E-state index contributed by atoms with van der Waals surface area (Å²) in [5.41, 5.74) is 7.45. The minimum atomic E-state index is -1.48. The molecule has 0 radical (unpaired) electrons. The maximum Gasteiger partial charge on any atom is 0.488 e. The lowest BCUT2D eigenvalue weighted by atomic mass is 9.80. The van der Waals surface area contributed by atoms with E-state index in [0.29, 0.717) is 61.2 Å². The Kier molecular flexibility index (Phi) is 9.26. The lowest BCUT2D eigenvalue weighted by Crippen LogP contribution is -2.29. The molecule has 0 bridgehead atoms. The van der Waals surface area contributed by atoms with Gasteiger partial charge in [-0.1, -0.05) is 236 Å². The largest absolute Gasteiger partial charge is 0.488 e. The molecule has 0 saturated heterocycles. The van der Waals surface area contributed by atoms with Crippen molar-refractivity contribution in [2.45, 2.75) is 0 Å². The van der Waals surface area contributed by atoms with Gasteiger partial charge in [-0.3, -0.25) is 0 Å². The van der Waals surface area contributed by atoms with E-state index in [4.69, 9.17) is 34.1 Å². The molecule has 0 saturated carbocycles. The molecule has 16 aromatic carbocycles. The fourth-order valence-corrected chi connectivity index (χ4v) is 13.8. The van der Waals surface area contributed by atoms with Crippen molar-refractivity contribution in [3.8, 4) is 33.4 Å². The Bertz CT molecular complexity index is 7250. The molecule has 6 nitrogen and oxygen atoms in total. The summed E-state index contributed by atoms with van der Waals surface area (Å²) in [7, 11) is -1.48. The second-order valence-corrected chi connectivity index (χ2v) is 23.2. The van der Waals surface area contributed by atoms with Crippen LogP contribution in [0.4, 0.5) is 0 Å². The number of furan rings is 4. The molecular weight excluding hydrogens is 1200 g/mol. The fraction of sp³-hybridized carbons (Fsp3) is 0. The molecule has 4 heterocycles. The summed E-state index contributed by atoms with van der Waals surface area (Å²) in [6, 6.07) is 54.9. The number of hydrogen-bond acceptors (Lipinski definition) is 6. The van der Waals surface area contributed by atoms with Gasteiger partial charge in [0.15, 0.2) is 0 Å². The van der Waals surface area contributed by atoms with Crippen molar-refractivity contribution in [2.24, 2.45) is 0 Å². The minimum Gasteiger partial charge on any atom is -0.456 e. The highest BCUT2D eigenvalue weighted by molar-refractivity contribution is 9.10. The standard InChI is InChI=1S/C42H24O2.C26H15BrO.C16H11BO3/c1-2-11-26-23-39-36(22-25(26)10-1)29-21-20-27(24-38(29)43-39)40-30-13-3-5-15-32(30)41(33-16-6-4-14-31(33)40)35-18-9-17-34-28-12-7-8-19-37(28)44-42(34)35;27-25-19-11-3-1-9-17(19)24(18-10-2-4-12-20(18)25)22-14-7-13-21-16-8-5-6-15-23(16)28-26(21)22;18-17(19)12-5-6-13-14-7-10-3-1-2-4-11(10)8-15(14)20-16(13)9-12/h1-24H;1-15H;1-9,18-19H/i3D,4D,5D,6D,13D,14D,15D,16D;1D,2D,3D,4D,9D,10D,11D,12D;. The van der Waals surface area contributed by atoms with E-state index in [-0.39, 0.29) is 113 Å². The number of benzene rings is 16. The van der Waals surface area contributed by atoms with Crippen LogP contribution in [0.5, 0.6) is 0 Å². The molecule has 8 heteroatoms. The average molecular weight is 1260 g/mol. The molecule has 0 unspecified atom stereocenters. The van der Waals surface area contributed by atoms with Crippen molar-refractivity contribution >= 4 is 181 Å². The fourth-order valence-electron chi connectivity index (χ4n) is 13.2. The third-order valence-corrected chi connectivity index (χ3v) is 18.1. The van der Waals surface area contributed by atoms with Crippen molar-refractivity contribution in [1.29, 1.82) is 0 Å². The molecule has 0 amide bonds. The van der Waals surface area contributed by atoms with Crippen LogP contribution >= 0.6 is 15.9 Å². The van der Waals surface area contributed by atoms with Crippen molar-refractivity contribution in [3.05, 3.63) is 295 Å². The second-order valence-electron chi connectivity index (χ2n) is 22.4. The van der Waals surface area contributed by atoms with Crippen molar-refractivity contribution in [1.82, 2.24) is 0 Å². The van der Waals surface area contributed by atoms with Gasteiger partial charge >= 0.3 is 7.12 Å². The molecule has 20 aromatic rings. The van der Waals surface area contributed by atoms with Gasteiger partial charge in [-0.05, 0) is 152 Å². The van der Waals surface area contributed by atoms with Crippen molar-refractivity contribution in [3.63, 3.8) is 0 Å². The summed E-state index contributed by atoms with van der Waals surface area (Å²) >= 11 is 3.44. The first-order chi connectivity index (χ1) is 52.0. The van der Waals surface area contributed by atoms with Crippen LogP contribution in [0.2, 0.25) is 0 Å². The van der Waals surface area contributed by atoms with E-state index in [0.717, 1.165) is 70.2 Å². The van der Waals surface area contributed by atoms with Gasteiger partial charge < -0.3 is 27.7 Å². The van der Waals surface area contributed by atoms with Gasteiger partial charge in [0.2, 0.25) is 0 Å². The van der Waals surface area contributed by atoms with Crippen LogP contribution in [-0.2, 0) is 0 Å². The monoisotopic (exact) mass is 1260 g/mol. The Morgan fingerprint density at radius 1 is 0.283 bits per heavy atom. The van der Waals surface area contributed by atoms with Gasteiger partial charge in [-0.15, -0.1) is 0 Å². The summed E-state index contributed by atoms with van der Waals surface area (Å²) in [6.07, 6.45) is 0. The van der Waals surface area contributed by atoms with Gasteiger partial charge in [0.1, 0.15) is 44.7 Å². The van der Waals surface area contributed by atoms with Crippen LogP contribution in [0, 0.1) is 0 Å². The smallest absolute Gasteiger partial charge is 0.456 e. The molecule has 0 aliphatic heterocycles. The van der Waals surface area contributed by atoms with Gasteiger partial charge in [-0.2, -0.15) is 0 Å². The molecule has 20 rings (SSSR count). The average Bonchev–Trinajstić information content (AvgIpc) is 0.865. The number of hydrogen-bond donors (Lipinski definition) is 2. The number of fused-ring (bicyclic) bond motifs is 18. The first-order valence-electron chi connectivity index (χ1n) is 37.5. The van der Waals surface area contributed by atoms with Gasteiger partial charge in [0, 0.05) is 69.8 Å². The highest BCUT2D eigenvalue weighted by Gasteiger charge is 2.23. The SMILES string of the molecule is OB(O)c1ccc2c(c1)oc1cc3ccccc3cc12.[2H]c1c([2H])c([2H])c2c(-c3cccc4c3oc3ccccc34)c3c([2H])c([2H])c([2H])c([2H])c3c(-c3ccc4c(c3)oc3cc5ccccc5cc34)c2c1[2H].[2H]c1c([2H])c([2H])c2c(-c3cccc4c3oc3ccccc34)c3c([2H])c([2H])c([2H])c([2H])c3c(Br)c2c1[2H]. The molecule has 0 aliphatic carbocycles. The van der Waals surface area contributed by atoms with Crippen LogP contribution in [0.3, 0.4) is 0 Å². The topological polar surface area (TPSA) is 93.0 Å². The number of para-hydroxylation sites is 4. The normalized spacial score (nSPS) is 14.3. The van der Waals surface area contributed by atoms with Crippen molar-refractivity contribution in [2.75, 3.05) is 0 Å². The Labute approximate surface area is 556 Å². The summed E-state index contributed by atoms with van der Waals surface area (Å²) in [6.45, 7) is 0. The molecule has 432 valence electrons. The van der Waals surface area contributed by atoms with Gasteiger partial charge in [-0.25, -0.2) is 0 Å². The highest BCUT2D eigenvalue weighted by atomic mass is 79.9. The zero-order valence-corrected chi connectivity index (χ0v) is 49.5. The summed E-state index contributed by atoms with van der Waals surface area (Å²) < 4.78 is 165. The van der Waals surface area contributed by atoms with E-state index in [1.54, 1.807) is 36.4 Å². The highest BCUT2D eigenvalue weighted by Crippen LogP contribution is 2.49. The van der Waals surface area contributed by atoms with E-state index in [9.17, 15) is 15.5 Å². The van der Waals surface area contributed by atoms with E-state index in [2.05, 4.69) is 34.1 Å². The maximum atomic E-state index is 9.33. The van der Waals surface area contributed by atoms with Crippen LogP contribution in [0.1, 0.15) is 21.9 Å². The molecule has 0 atom stereocenters. The van der Waals surface area contributed by atoms with Gasteiger partial charge in [0.05, 0.1) is 21.9 Å². The second kappa shape index (κ2) is 21.5. The van der Waals surface area contributed by atoms with E-state index >= 15 is 0 Å². The minimum absolute atomic E-state index is 0.127. The molecule has 2 N–H and O–H groups in total. The van der Waals surface area contributed by atoms with E-state index in [1.165, 1.54) is 0 Å². The van der Waals surface area contributed by atoms with Crippen LogP contribution in [0.25, 0.3) is 186 Å². The third-order valence-electron chi connectivity index (χ3n) is 17.3. The van der Waals surface area contributed by atoms with Crippen LogP contribution in [-0.4, -0.2) is 17.2 Å².